The first-order valence-electron chi connectivity index (χ1n) is 6.87. The van der Waals surface area contributed by atoms with Gasteiger partial charge in [-0.1, -0.05) is 13.0 Å². The van der Waals surface area contributed by atoms with Gasteiger partial charge in [0.2, 0.25) is 11.8 Å². The SMILES string of the molecule is CCCNC(=O)[C@H](C)NC(=O)Cc1ccc(OC)c(F)c1. The highest BCUT2D eigenvalue weighted by Gasteiger charge is 2.15. The average Bonchev–Trinajstić information content (AvgIpc) is 2.44. The fraction of sp³-hybridized carbons (Fsp3) is 0.467. The number of halogens is 1. The topological polar surface area (TPSA) is 67.4 Å². The highest BCUT2D eigenvalue weighted by molar-refractivity contribution is 5.88. The monoisotopic (exact) mass is 296 g/mol. The van der Waals surface area contributed by atoms with Gasteiger partial charge in [-0.15, -0.1) is 0 Å². The van der Waals surface area contributed by atoms with Gasteiger partial charge in [-0.2, -0.15) is 0 Å². The summed E-state index contributed by atoms with van der Waals surface area (Å²) in [5.41, 5.74) is 0.520. The molecule has 5 nitrogen and oxygen atoms in total. The Morgan fingerprint density at radius 2 is 2.10 bits per heavy atom. The van der Waals surface area contributed by atoms with E-state index in [-0.39, 0.29) is 24.0 Å². The van der Waals surface area contributed by atoms with Crippen LogP contribution in [0, 0.1) is 5.82 Å². The standard InChI is InChI=1S/C15H21FN2O3/c1-4-7-17-15(20)10(2)18-14(19)9-11-5-6-13(21-3)12(16)8-11/h5-6,8,10H,4,7,9H2,1-3H3,(H,17,20)(H,18,19)/t10-/m0/s1. The quantitative estimate of drug-likeness (QED) is 0.799. The Bertz CT molecular complexity index is 506. The molecule has 6 heteroatoms. The molecule has 0 saturated heterocycles. The molecule has 1 aromatic rings. The second-order valence-electron chi connectivity index (χ2n) is 4.73. The van der Waals surface area contributed by atoms with Gasteiger partial charge in [0, 0.05) is 6.54 Å². The second-order valence-corrected chi connectivity index (χ2v) is 4.73. The molecule has 0 bridgehead atoms. The number of methoxy groups -OCH3 is 1. The van der Waals surface area contributed by atoms with E-state index in [0.717, 1.165) is 6.42 Å². The van der Waals surface area contributed by atoms with Gasteiger partial charge in [-0.25, -0.2) is 4.39 Å². The predicted molar refractivity (Wildman–Crippen MR) is 77.6 cm³/mol. The summed E-state index contributed by atoms with van der Waals surface area (Å²) >= 11 is 0. The Morgan fingerprint density at radius 3 is 2.67 bits per heavy atom. The Balaban J connectivity index is 2.53. The van der Waals surface area contributed by atoms with Crippen molar-refractivity contribution in [3.63, 3.8) is 0 Å². The molecular formula is C15H21FN2O3. The van der Waals surface area contributed by atoms with Crippen LogP contribution in [0.1, 0.15) is 25.8 Å². The lowest BCUT2D eigenvalue weighted by molar-refractivity contribution is -0.128. The van der Waals surface area contributed by atoms with Crippen molar-refractivity contribution in [2.45, 2.75) is 32.7 Å². The molecule has 2 amide bonds. The number of amides is 2. The summed E-state index contributed by atoms with van der Waals surface area (Å²) < 4.78 is 18.3. The predicted octanol–water partition coefficient (Wildman–Crippen LogP) is 1.41. The molecule has 1 aromatic carbocycles. The van der Waals surface area contributed by atoms with Crippen molar-refractivity contribution in [1.82, 2.24) is 10.6 Å². The summed E-state index contributed by atoms with van der Waals surface area (Å²) in [5.74, 6) is -0.951. The molecule has 0 spiro atoms. The van der Waals surface area contributed by atoms with Gasteiger partial charge in [0.1, 0.15) is 6.04 Å². The lowest BCUT2D eigenvalue weighted by Crippen LogP contribution is -2.45. The molecule has 0 unspecified atom stereocenters. The summed E-state index contributed by atoms with van der Waals surface area (Å²) in [6.45, 7) is 4.13. The van der Waals surface area contributed by atoms with Crippen LogP contribution in [-0.2, 0) is 16.0 Å². The van der Waals surface area contributed by atoms with Gasteiger partial charge in [0.05, 0.1) is 13.5 Å². The molecule has 1 rings (SSSR count). The molecule has 0 aliphatic carbocycles. The fourth-order valence-electron chi connectivity index (χ4n) is 1.76. The number of hydrogen-bond donors (Lipinski definition) is 2. The Hall–Kier alpha value is -2.11. The normalized spacial score (nSPS) is 11.6. The number of carbonyl (C=O) groups is 2. The third-order valence-electron chi connectivity index (χ3n) is 2.90. The van der Waals surface area contributed by atoms with Crippen molar-refractivity contribution in [2.24, 2.45) is 0 Å². The smallest absolute Gasteiger partial charge is 0.242 e. The number of rotatable bonds is 7. The van der Waals surface area contributed by atoms with Crippen molar-refractivity contribution in [1.29, 1.82) is 0 Å². The van der Waals surface area contributed by atoms with Crippen LogP contribution in [0.4, 0.5) is 4.39 Å². The van der Waals surface area contributed by atoms with Crippen molar-refractivity contribution >= 4 is 11.8 Å². The molecule has 0 saturated carbocycles. The van der Waals surface area contributed by atoms with Gasteiger partial charge in [0.15, 0.2) is 11.6 Å². The molecule has 2 N–H and O–H groups in total. The van der Waals surface area contributed by atoms with E-state index >= 15 is 0 Å². The molecule has 0 aliphatic heterocycles. The van der Waals surface area contributed by atoms with Crippen LogP contribution in [0.2, 0.25) is 0 Å². The second kappa shape index (κ2) is 8.24. The van der Waals surface area contributed by atoms with Crippen molar-refractivity contribution < 1.29 is 18.7 Å². The number of benzene rings is 1. The van der Waals surface area contributed by atoms with E-state index in [1.165, 1.54) is 19.2 Å². The lowest BCUT2D eigenvalue weighted by atomic mass is 10.1. The third-order valence-corrected chi connectivity index (χ3v) is 2.90. The fourth-order valence-corrected chi connectivity index (χ4v) is 1.76. The van der Waals surface area contributed by atoms with Crippen LogP contribution in [0.3, 0.4) is 0 Å². The number of nitrogens with one attached hydrogen (secondary N) is 2. The summed E-state index contributed by atoms with van der Waals surface area (Å²) in [6, 6.07) is 3.71. The molecule has 1 atom stereocenters. The molecule has 21 heavy (non-hydrogen) atoms. The molecule has 0 aromatic heterocycles. The number of hydrogen-bond acceptors (Lipinski definition) is 3. The minimum atomic E-state index is -0.618. The van der Waals surface area contributed by atoms with Gasteiger partial charge in [-0.05, 0) is 31.0 Å². The van der Waals surface area contributed by atoms with Crippen LogP contribution in [0.15, 0.2) is 18.2 Å². The van der Waals surface area contributed by atoms with E-state index in [0.29, 0.717) is 12.1 Å². The first-order chi connectivity index (χ1) is 9.97. The average molecular weight is 296 g/mol. The van der Waals surface area contributed by atoms with E-state index in [9.17, 15) is 14.0 Å². The maximum Gasteiger partial charge on any atom is 0.242 e. The van der Waals surface area contributed by atoms with Crippen LogP contribution in [0.5, 0.6) is 5.75 Å². The third kappa shape index (κ3) is 5.41. The van der Waals surface area contributed by atoms with Crippen molar-refractivity contribution in [3.8, 4) is 5.75 Å². The minimum absolute atomic E-state index is 0.00626. The van der Waals surface area contributed by atoms with E-state index in [4.69, 9.17) is 4.74 Å². The van der Waals surface area contributed by atoms with Crippen LogP contribution in [0.25, 0.3) is 0 Å². The van der Waals surface area contributed by atoms with Gasteiger partial charge in [-0.3, -0.25) is 9.59 Å². The van der Waals surface area contributed by atoms with Crippen LogP contribution < -0.4 is 15.4 Å². The van der Waals surface area contributed by atoms with E-state index in [1.807, 2.05) is 6.92 Å². The zero-order chi connectivity index (χ0) is 15.8. The van der Waals surface area contributed by atoms with E-state index in [1.54, 1.807) is 13.0 Å². The number of ether oxygens (including phenoxy) is 1. The van der Waals surface area contributed by atoms with Crippen molar-refractivity contribution in [3.05, 3.63) is 29.6 Å². The molecule has 0 aliphatic rings. The van der Waals surface area contributed by atoms with E-state index in [2.05, 4.69) is 10.6 Å². The molecule has 0 heterocycles. The van der Waals surface area contributed by atoms with Crippen LogP contribution >= 0.6 is 0 Å². The summed E-state index contributed by atoms with van der Waals surface area (Å²) in [4.78, 5) is 23.4. The van der Waals surface area contributed by atoms with E-state index < -0.39 is 11.9 Å². The molecular weight excluding hydrogens is 275 g/mol. The zero-order valence-electron chi connectivity index (χ0n) is 12.5. The molecule has 0 fully saturated rings. The minimum Gasteiger partial charge on any atom is -0.494 e. The summed E-state index contributed by atoms with van der Waals surface area (Å²) in [6.07, 6.45) is 0.837. The Labute approximate surface area is 123 Å². The maximum absolute atomic E-state index is 13.5. The first kappa shape index (κ1) is 16.9. The molecule has 116 valence electrons. The Morgan fingerprint density at radius 1 is 1.38 bits per heavy atom. The highest BCUT2D eigenvalue weighted by atomic mass is 19.1. The van der Waals surface area contributed by atoms with Gasteiger partial charge >= 0.3 is 0 Å². The van der Waals surface area contributed by atoms with Gasteiger partial charge < -0.3 is 15.4 Å². The lowest BCUT2D eigenvalue weighted by Gasteiger charge is -2.14. The summed E-state index contributed by atoms with van der Waals surface area (Å²) in [5, 5.41) is 5.28. The van der Waals surface area contributed by atoms with Crippen LogP contribution in [-0.4, -0.2) is 31.5 Å². The first-order valence-corrected chi connectivity index (χ1v) is 6.87. The van der Waals surface area contributed by atoms with Gasteiger partial charge in [0.25, 0.3) is 0 Å². The zero-order valence-corrected chi connectivity index (χ0v) is 12.5. The highest BCUT2D eigenvalue weighted by Crippen LogP contribution is 2.17. The number of carbonyl (C=O) groups excluding carboxylic acids is 2. The Kier molecular flexibility index (Phi) is 6.65. The molecule has 0 radical (unpaired) electrons. The summed E-state index contributed by atoms with van der Waals surface area (Å²) in [7, 11) is 1.38. The maximum atomic E-state index is 13.5. The largest absolute Gasteiger partial charge is 0.494 e. The van der Waals surface area contributed by atoms with Crippen molar-refractivity contribution in [2.75, 3.05) is 13.7 Å².